The molecule has 0 aliphatic carbocycles. The second-order valence-electron chi connectivity index (χ2n) is 6.48. The van der Waals surface area contributed by atoms with Gasteiger partial charge in [-0.05, 0) is 35.4 Å². The molecule has 1 fully saturated rings. The van der Waals surface area contributed by atoms with Crippen LogP contribution in [0.5, 0.6) is 0 Å². The molecule has 1 saturated heterocycles. The zero-order chi connectivity index (χ0) is 19.5. The molecule has 28 heavy (non-hydrogen) atoms. The molecule has 0 bridgehead atoms. The molecule has 4 rings (SSSR count). The number of hydrogen-bond acceptors (Lipinski definition) is 8. The third-order valence-electron chi connectivity index (χ3n) is 4.57. The van der Waals surface area contributed by atoms with Crippen LogP contribution in [0.25, 0.3) is 10.6 Å². The highest BCUT2D eigenvalue weighted by Gasteiger charge is 2.28. The van der Waals surface area contributed by atoms with Gasteiger partial charge in [0.05, 0.1) is 5.75 Å². The van der Waals surface area contributed by atoms with Gasteiger partial charge < -0.3 is 4.90 Å². The number of aryl methyl sites for hydroxylation is 1. The summed E-state index contributed by atoms with van der Waals surface area (Å²) >= 11 is 2.72. The molecule has 3 heterocycles. The average Bonchev–Trinajstić information content (AvgIpc) is 3.36. The Labute approximate surface area is 169 Å². The topological polar surface area (TPSA) is 89.7 Å². The van der Waals surface area contributed by atoms with E-state index in [1.807, 2.05) is 4.90 Å². The van der Waals surface area contributed by atoms with Gasteiger partial charge in [-0.25, -0.2) is 9.07 Å². The molecule has 1 aromatic carbocycles. The fourth-order valence-corrected chi connectivity index (χ4v) is 4.86. The van der Waals surface area contributed by atoms with Gasteiger partial charge in [0.15, 0.2) is 5.01 Å². The summed E-state index contributed by atoms with van der Waals surface area (Å²) in [5.74, 6) is 0.159. The highest BCUT2D eigenvalue weighted by atomic mass is 32.2. The predicted molar refractivity (Wildman–Crippen MR) is 103 cm³/mol. The number of tetrazole rings is 1. The number of halogens is 1. The highest BCUT2D eigenvalue weighted by Crippen LogP contribution is 2.33. The van der Waals surface area contributed by atoms with Crippen molar-refractivity contribution in [1.29, 1.82) is 0 Å². The quantitative estimate of drug-likeness (QED) is 0.587. The largest absolute Gasteiger partial charge is 0.341 e. The molecule has 0 spiro atoms. The number of carbonyl (C=O) groups excluding carboxylic acids is 1. The first-order chi connectivity index (χ1) is 13.6. The number of hydrogen-bond donors (Lipinski definition) is 0. The van der Waals surface area contributed by atoms with Gasteiger partial charge in [-0.3, -0.25) is 4.79 Å². The van der Waals surface area contributed by atoms with Gasteiger partial charge in [0.25, 0.3) is 0 Å². The van der Waals surface area contributed by atoms with Crippen LogP contribution >= 0.6 is 23.1 Å². The highest BCUT2D eigenvalue weighted by molar-refractivity contribution is 7.99. The van der Waals surface area contributed by atoms with Gasteiger partial charge >= 0.3 is 0 Å². The van der Waals surface area contributed by atoms with E-state index in [0.717, 1.165) is 24.4 Å². The third-order valence-corrected chi connectivity index (χ3v) is 6.69. The predicted octanol–water partition coefficient (Wildman–Crippen LogP) is 2.37. The van der Waals surface area contributed by atoms with Crippen LogP contribution in [-0.4, -0.2) is 60.1 Å². The van der Waals surface area contributed by atoms with Crippen molar-refractivity contribution in [3.63, 3.8) is 0 Å². The van der Waals surface area contributed by atoms with Gasteiger partial charge in [-0.15, -0.1) is 15.3 Å². The Morgan fingerprint density at radius 3 is 2.96 bits per heavy atom. The maximum absolute atomic E-state index is 14.0. The van der Waals surface area contributed by atoms with Crippen LogP contribution in [0.1, 0.15) is 23.8 Å². The van der Waals surface area contributed by atoms with E-state index >= 15 is 0 Å². The van der Waals surface area contributed by atoms with E-state index in [1.165, 1.54) is 29.2 Å². The smallest absolute Gasteiger partial charge is 0.233 e. The average molecular weight is 420 g/mol. The van der Waals surface area contributed by atoms with Crippen LogP contribution in [0.4, 0.5) is 4.39 Å². The number of benzene rings is 1. The van der Waals surface area contributed by atoms with Crippen molar-refractivity contribution in [1.82, 2.24) is 35.3 Å². The van der Waals surface area contributed by atoms with Crippen LogP contribution in [0, 0.1) is 5.82 Å². The SMILES string of the molecule is Cn1nnnc1SCC(=O)N1CCCC(c2nnc(-c3ccccc3F)s2)C1. The molecule has 146 valence electrons. The van der Waals surface area contributed by atoms with Crippen LogP contribution in [0.2, 0.25) is 0 Å². The van der Waals surface area contributed by atoms with Crippen molar-refractivity contribution in [2.45, 2.75) is 23.9 Å². The first-order valence-corrected chi connectivity index (χ1v) is 10.6. The van der Waals surface area contributed by atoms with E-state index in [0.29, 0.717) is 22.3 Å². The Kier molecular flexibility index (Phi) is 5.62. The fourth-order valence-electron chi connectivity index (χ4n) is 3.11. The fraction of sp³-hybridized carbons (Fsp3) is 0.412. The molecule has 0 N–H and O–H groups in total. The Morgan fingerprint density at radius 2 is 2.18 bits per heavy atom. The van der Waals surface area contributed by atoms with Gasteiger partial charge in [0, 0.05) is 31.6 Å². The summed E-state index contributed by atoms with van der Waals surface area (Å²) in [6.07, 6.45) is 1.84. The van der Waals surface area contributed by atoms with Crippen LogP contribution in [0.3, 0.4) is 0 Å². The molecule has 1 aliphatic heterocycles. The minimum absolute atomic E-state index is 0.0524. The van der Waals surface area contributed by atoms with E-state index in [4.69, 9.17) is 0 Å². The molecule has 2 aromatic heterocycles. The van der Waals surface area contributed by atoms with E-state index in [1.54, 1.807) is 29.9 Å². The van der Waals surface area contributed by atoms with Crippen LogP contribution in [0.15, 0.2) is 29.4 Å². The molecule has 1 aliphatic rings. The summed E-state index contributed by atoms with van der Waals surface area (Å²) in [7, 11) is 1.74. The zero-order valence-corrected chi connectivity index (χ0v) is 16.8. The van der Waals surface area contributed by atoms with Crippen molar-refractivity contribution in [2.24, 2.45) is 7.05 Å². The van der Waals surface area contributed by atoms with Crippen molar-refractivity contribution in [2.75, 3.05) is 18.8 Å². The molecule has 1 unspecified atom stereocenters. The van der Waals surface area contributed by atoms with Gasteiger partial charge in [-0.1, -0.05) is 35.2 Å². The van der Waals surface area contributed by atoms with Crippen molar-refractivity contribution in [3.05, 3.63) is 35.1 Å². The number of amides is 1. The van der Waals surface area contributed by atoms with Crippen molar-refractivity contribution >= 4 is 29.0 Å². The summed E-state index contributed by atoms with van der Waals surface area (Å²) in [6, 6.07) is 6.56. The molecule has 8 nitrogen and oxygen atoms in total. The van der Waals surface area contributed by atoms with Crippen molar-refractivity contribution < 1.29 is 9.18 Å². The number of likely N-dealkylation sites (tertiary alicyclic amines) is 1. The Hall–Kier alpha value is -2.40. The first-order valence-electron chi connectivity index (χ1n) is 8.83. The lowest BCUT2D eigenvalue weighted by atomic mass is 9.99. The Morgan fingerprint density at radius 1 is 1.32 bits per heavy atom. The number of rotatable bonds is 5. The maximum atomic E-state index is 14.0. The van der Waals surface area contributed by atoms with Crippen molar-refractivity contribution in [3.8, 4) is 10.6 Å². The molecular weight excluding hydrogens is 401 g/mol. The minimum Gasteiger partial charge on any atom is -0.341 e. The van der Waals surface area contributed by atoms with Crippen LogP contribution in [-0.2, 0) is 11.8 Å². The summed E-state index contributed by atoms with van der Waals surface area (Å²) in [4.78, 5) is 14.5. The van der Waals surface area contributed by atoms with E-state index < -0.39 is 0 Å². The van der Waals surface area contributed by atoms with Gasteiger partial charge in [-0.2, -0.15) is 0 Å². The van der Waals surface area contributed by atoms with Crippen LogP contribution < -0.4 is 0 Å². The summed E-state index contributed by atoms with van der Waals surface area (Å²) in [5, 5.41) is 21.7. The first kappa shape index (κ1) is 18.9. The number of nitrogens with zero attached hydrogens (tertiary/aromatic N) is 7. The summed E-state index contributed by atoms with van der Waals surface area (Å²) < 4.78 is 15.5. The lowest BCUT2D eigenvalue weighted by Gasteiger charge is -2.31. The summed E-state index contributed by atoms with van der Waals surface area (Å²) in [6.45, 7) is 1.33. The van der Waals surface area contributed by atoms with E-state index in [9.17, 15) is 9.18 Å². The molecule has 11 heteroatoms. The number of piperidine rings is 1. The minimum atomic E-state index is -0.305. The maximum Gasteiger partial charge on any atom is 0.233 e. The molecular formula is C17H18FN7OS2. The molecule has 3 aromatic rings. The Bertz CT molecular complexity index is 976. The summed E-state index contributed by atoms with van der Waals surface area (Å²) in [5.41, 5.74) is 0.462. The normalized spacial score (nSPS) is 17.1. The molecule has 1 amide bonds. The number of carbonyl (C=O) groups is 1. The lowest BCUT2D eigenvalue weighted by Crippen LogP contribution is -2.40. The van der Waals surface area contributed by atoms with E-state index in [2.05, 4.69) is 25.7 Å². The monoisotopic (exact) mass is 419 g/mol. The van der Waals surface area contributed by atoms with E-state index in [-0.39, 0.29) is 23.4 Å². The van der Waals surface area contributed by atoms with Gasteiger partial charge in [0.1, 0.15) is 10.8 Å². The lowest BCUT2D eigenvalue weighted by molar-refractivity contribution is -0.129. The standard InChI is InChI=1S/C17H18FN7OS2/c1-24-17(21-22-23-24)27-10-14(26)25-8-4-5-11(9-25)15-19-20-16(28-15)12-6-2-3-7-13(12)18/h2-3,6-7,11H,4-5,8-10H2,1H3. The molecule has 0 saturated carbocycles. The Balaban J connectivity index is 1.40. The second-order valence-corrected chi connectivity index (χ2v) is 8.43. The number of aromatic nitrogens is 6. The van der Waals surface area contributed by atoms with Gasteiger partial charge in [0.2, 0.25) is 11.1 Å². The second kappa shape index (κ2) is 8.31. The zero-order valence-electron chi connectivity index (χ0n) is 15.2. The molecule has 1 atom stereocenters. The molecule has 0 radical (unpaired) electrons. The number of thioether (sulfide) groups is 1. The third kappa shape index (κ3) is 4.04.